The molecule has 0 aromatic heterocycles. The van der Waals surface area contributed by atoms with Gasteiger partial charge in [0.25, 0.3) is 0 Å². The fourth-order valence-electron chi connectivity index (χ4n) is 2.33. The first-order valence-electron chi connectivity index (χ1n) is 5.64. The minimum Gasteiger partial charge on any atom is -0.324 e. The summed E-state index contributed by atoms with van der Waals surface area (Å²) in [7, 11) is 2.18. The van der Waals surface area contributed by atoms with E-state index >= 15 is 0 Å². The van der Waals surface area contributed by atoms with Crippen LogP contribution in [0.15, 0.2) is 0 Å². The van der Waals surface area contributed by atoms with Crippen molar-refractivity contribution in [1.29, 1.82) is 0 Å². The van der Waals surface area contributed by atoms with Crippen molar-refractivity contribution in [3.63, 3.8) is 0 Å². The van der Waals surface area contributed by atoms with Crippen LogP contribution in [0.5, 0.6) is 0 Å². The molecule has 1 unspecified atom stereocenters. The summed E-state index contributed by atoms with van der Waals surface area (Å²) in [6.07, 6.45) is 7.65. The molecule has 1 fully saturated rings. The van der Waals surface area contributed by atoms with E-state index in [2.05, 4.69) is 18.9 Å². The molecule has 2 N–H and O–H groups in total. The first-order chi connectivity index (χ1) is 6.16. The Labute approximate surface area is 82.5 Å². The molecule has 2 nitrogen and oxygen atoms in total. The van der Waals surface area contributed by atoms with Crippen LogP contribution in [0.2, 0.25) is 0 Å². The molecule has 2 heteroatoms. The van der Waals surface area contributed by atoms with Crippen molar-refractivity contribution in [2.75, 3.05) is 20.1 Å². The van der Waals surface area contributed by atoms with Gasteiger partial charge in [-0.15, -0.1) is 0 Å². The summed E-state index contributed by atoms with van der Waals surface area (Å²) in [6.45, 7) is 4.57. The molecule has 0 radical (unpaired) electrons. The Morgan fingerprint density at radius 1 is 1.38 bits per heavy atom. The third kappa shape index (κ3) is 3.65. The highest BCUT2D eigenvalue weighted by molar-refractivity contribution is 4.90. The van der Waals surface area contributed by atoms with Gasteiger partial charge in [-0.25, -0.2) is 0 Å². The lowest BCUT2D eigenvalue weighted by Crippen LogP contribution is -2.52. The largest absolute Gasteiger partial charge is 0.324 e. The number of unbranched alkanes of at least 4 members (excludes halogenated alkanes) is 2. The van der Waals surface area contributed by atoms with Gasteiger partial charge < -0.3 is 10.6 Å². The van der Waals surface area contributed by atoms with Gasteiger partial charge in [-0.05, 0) is 32.9 Å². The smallest absolute Gasteiger partial charge is 0.0283 e. The molecule has 13 heavy (non-hydrogen) atoms. The molecule has 0 spiro atoms. The summed E-state index contributed by atoms with van der Waals surface area (Å²) in [4.78, 5) is 2.37. The zero-order valence-electron chi connectivity index (χ0n) is 9.18. The van der Waals surface area contributed by atoms with E-state index in [0.717, 1.165) is 6.54 Å². The van der Waals surface area contributed by atoms with Gasteiger partial charge in [-0.3, -0.25) is 0 Å². The van der Waals surface area contributed by atoms with E-state index in [1.54, 1.807) is 0 Å². The number of piperidine rings is 1. The average Bonchev–Trinajstić information content (AvgIpc) is 2.04. The molecular formula is C11H24N2. The highest BCUT2D eigenvalue weighted by Crippen LogP contribution is 2.23. The number of hydrogen-bond donors (Lipinski definition) is 1. The highest BCUT2D eigenvalue weighted by atomic mass is 15.1. The molecule has 0 bridgehead atoms. The fraction of sp³-hybridized carbons (Fsp3) is 1.00. The molecule has 1 aliphatic heterocycles. The fourth-order valence-corrected chi connectivity index (χ4v) is 2.33. The summed E-state index contributed by atoms with van der Waals surface area (Å²) in [5.74, 6) is 0. The van der Waals surface area contributed by atoms with Crippen LogP contribution < -0.4 is 5.73 Å². The Bertz CT molecular complexity index is 147. The summed E-state index contributed by atoms with van der Waals surface area (Å²) < 4.78 is 0. The molecule has 1 rings (SSSR count). The first-order valence-corrected chi connectivity index (χ1v) is 5.64. The number of rotatable bonds is 4. The number of likely N-dealkylation sites (tertiary alicyclic amines) is 1. The van der Waals surface area contributed by atoms with E-state index in [1.165, 1.54) is 45.1 Å². The maximum absolute atomic E-state index is 6.35. The average molecular weight is 184 g/mol. The molecule has 1 heterocycles. The van der Waals surface area contributed by atoms with Crippen molar-refractivity contribution in [2.45, 2.75) is 51.0 Å². The zero-order chi connectivity index (χ0) is 9.73. The van der Waals surface area contributed by atoms with Gasteiger partial charge in [0, 0.05) is 12.1 Å². The van der Waals surface area contributed by atoms with Crippen LogP contribution >= 0.6 is 0 Å². The van der Waals surface area contributed by atoms with Gasteiger partial charge in [-0.1, -0.05) is 26.2 Å². The van der Waals surface area contributed by atoms with Gasteiger partial charge in [0.1, 0.15) is 0 Å². The molecule has 1 saturated heterocycles. The third-order valence-corrected chi connectivity index (χ3v) is 3.08. The maximum atomic E-state index is 6.35. The van der Waals surface area contributed by atoms with Gasteiger partial charge in [0.15, 0.2) is 0 Å². The van der Waals surface area contributed by atoms with Gasteiger partial charge >= 0.3 is 0 Å². The van der Waals surface area contributed by atoms with Crippen LogP contribution in [-0.2, 0) is 0 Å². The molecule has 1 atom stereocenters. The molecule has 1 aliphatic rings. The molecule has 0 aliphatic carbocycles. The summed E-state index contributed by atoms with van der Waals surface area (Å²) in [5.41, 5.74) is 6.48. The topological polar surface area (TPSA) is 29.3 Å². The van der Waals surface area contributed by atoms with Gasteiger partial charge in [0.2, 0.25) is 0 Å². The highest BCUT2D eigenvalue weighted by Gasteiger charge is 2.28. The lowest BCUT2D eigenvalue weighted by molar-refractivity contribution is 0.167. The van der Waals surface area contributed by atoms with Crippen LogP contribution in [-0.4, -0.2) is 30.6 Å². The molecule has 0 saturated carbocycles. The van der Waals surface area contributed by atoms with Crippen molar-refractivity contribution < 1.29 is 0 Å². The van der Waals surface area contributed by atoms with Crippen molar-refractivity contribution in [3.05, 3.63) is 0 Å². The molecular weight excluding hydrogens is 160 g/mol. The number of nitrogens with two attached hydrogens (primary N) is 1. The van der Waals surface area contributed by atoms with E-state index in [0.29, 0.717) is 0 Å². The van der Waals surface area contributed by atoms with E-state index in [1.807, 2.05) is 0 Å². The standard InChI is InChI=1S/C11H24N2/c1-3-4-5-7-11(12)8-6-9-13(2)10-11/h3-10,12H2,1-2H3. The van der Waals surface area contributed by atoms with Crippen molar-refractivity contribution in [2.24, 2.45) is 5.73 Å². The van der Waals surface area contributed by atoms with E-state index < -0.39 is 0 Å². The van der Waals surface area contributed by atoms with Gasteiger partial charge in [-0.2, -0.15) is 0 Å². The Balaban J connectivity index is 2.27. The lowest BCUT2D eigenvalue weighted by Gasteiger charge is -2.38. The normalized spacial score (nSPS) is 30.7. The first kappa shape index (κ1) is 11.0. The van der Waals surface area contributed by atoms with E-state index in [9.17, 15) is 0 Å². The Morgan fingerprint density at radius 3 is 2.77 bits per heavy atom. The molecule has 78 valence electrons. The van der Waals surface area contributed by atoms with E-state index in [4.69, 9.17) is 5.73 Å². The number of hydrogen-bond acceptors (Lipinski definition) is 2. The molecule has 0 aromatic rings. The monoisotopic (exact) mass is 184 g/mol. The van der Waals surface area contributed by atoms with Crippen molar-refractivity contribution >= 4 is 0 Å². The molecule has 0 amide bonds. The quantitative estimate of drug-likeness (QED) is 0.677. The van der Waals surface area contributed by atoms with Crippen LogP contribution in [0, 0.1) is 0 Å². The predicted molar refractivity (Wildman–Crippen MR) is 57.8 cm³/mol. The summed E-state index contributed by atoms with van der Waals surface area (Å²) >= 11 is 0. The van der Waals surface area contributed by atoms with Crippen LogP contribution in [0.25, 0.3) is 0 Å². The maximum Gasteiger partial charge on any atom is 0.0283 e. The van der Waals surface area contributed by atoms with Crippen LogP contribution in [0.1, 0.15) is 45.4 Å². The minimum absolute atomic E-state index is 0.127. The van der Waals surface area contributed by atoms with Crippen molar-refractivity contribution in [1.82, 2.24) is 4.90 Å². The summed E-state index contributed by atoms with van der Waals surface area (Å²) in [5, 5.41) is 0. The third-order valence-electron chi connectivity index (χ3n) is 3.08. The predicted octanol–water partition coefficient (Wildman–Crippen LogP) is 1.99. The Kier molecular flexibility index (Phi) is 4.20. The van der Waals surface area contributed by atoms with Gasteiger partial charge in [0.05, 0.1) is 0 Å². The lowest BCUT2D eigenvalue weighted by atomic mass is 9.85. The SMILES string of the molecule is CCCCCC1(N)CCCN(C)C1. The number of likely N-dealkylation sites (N-methyl/N-ethyl adjacent to an activating group) is 1. The number of nitrogens with zero attached hydrogens (tertiary/aromatic N) is 1. The van der Waals surface area contributed by atoms with Crippen molar-refractivity contribution in [3.8, 4) is 0 Å². The second kappa shape index (κ2) is 4.97. The minimum atomic E-state index is 0.127. The second-order valence-corrected chi connectivity index (χ2v) is 4.66. The Morgan fingerprint density at radius 2 is 2.15 bits per heavy atom. The molecule has 0 aromatic carbocycles. The summed E-state index contributed by atoms with van der Waals surface area (Å²) in [6, 6.07) is 0. The van der Waals surface area contributed by atoms with E-state index in [-0.39, 0.29) is 5.54 Å². The van der Waals surface area contributed by atoms with Crippen LogP contribution in [0.4, 0.5) is 0 Å². The second-order valence-electron chi connectivity index (χ2n) is 4.66. The Hall–Kier alpha value is -0.0800. The van der Waals surface area contributed by atoms with Crippen LogP contribution in [0.3, 0.4) is 0 Å². The zero-order valence-corrected chi connectivity index (χ0v) is 9.18.